The summed E-state index contributed by atoms with van der Waals surface area (Å²) in [4.78, 5) is 35.7. The summed E-state index contributed by atoms with van der Waals surface area (Å²) in [7, 11) is 0. The molecule has 0 heterocycles. The highest BCUT2D eigenvalue weighted by Gasteiger charge is 2.12. The Kier molecular flexibility index (Phi) is 7.87. The monoisotopic (exact) mass is 385 g/mol. The Bertz CT molecular complexity index is 846. The first-order valence-corrected chi connectivity index (χ1v) is 9.22. The number of amides is 1. The van der Waals surface area contributed by atoms with E-state index in [2.05, 4.69) is 12.2 Å². The Balaban J connectivity index is 1.73. The van der Waals surface area contributed by atoms with Gasteiger partial charge in [0, 0.05) is 17.7 Å². The van der Waals surface area contributed by atoms with E-state index in [-0.39, 0.29) is 24.3 Å². The Hall–Kier alpha value is -3.02. The van der Waals surface area contributed by atoms with Crippen molar-refractivity contribution in [2.45, 2.75) is 39.5 Å². The molecule has 0 saturated carbocycles. The first-order valence-electron chi connectivity index (χ1n) is 9.22. The molecule has 0 aromatic heterocycles. The molecule has 0 bridgehead atoms. The number of Topliss-reactive ketones (excluding diaryl/α,β-unsaturated/α-hetero) is 1. The number of benzene rings is 2. The van der Waals surface area contributed by atoms with Gasteiger partial charge in [0.25, 0.3) is 5.91 Å². The van der Waals surface area contributed by atoms with E-state index in [0.717, 1.165) is 18.4 Å². The zero-order chi connectivity index (χ0) is 20.5. The van der Waals surface area contributed by atoms with Gasteiger partial charge in [-0.2, -0.15) is 0 Å². The minimum atomic E-state index is -0.638. The highest BCUT2D eigenvalue weighted by Crippen LogP contribution is 2.13. The largest absolute Gasteiger partial charge is 0.456 e. The third-order valence-electron chi connectivity index (χ3n) is 4.19. The molecule has 0 radical (unpaired) electrons. The van der Waals surface area contributed by atoms with Gasteiger partial charge in [0.15, 0.2) is 12.4 Å². The van der Waals surface area contributed by atoms with Crippen molar-refractivity contribution in [1.29, 1.82) is 0 Å². The molecule has 0 saturated heterocycles. The zero-order valence-corrected chi connectivity index (χ0v) is 16.1. The lowest BCUT2D eigenvalue weighted by Gasteiger charge is -2.07. The number of hydrogen-bond donors (Lipinski definition) is 1. The van der Waals surface area contributed by atoms with Crippen molar-refractivity contribution in [2.24, 2.45) is 0 Å². The molecule has 0 spiro atoms. The van der Waals surface area contributed by atoms with Gasteiger partial charge >= 0.3 is 5.97 Å². The number of ketones is 1. The summed E-state index contributed by atoms with van der Waals surface area (Å²) < 4.78 is 18.3. The molecule has 2 aromatic carbocycles. The van der Waals surface area contributed by atoms with Crippen LogP contribution in [0.4, 0.5) is 10.1 Å². The number of carbonyl (C=O) groups excluding carboxylic acids is 3. The number of hydrogen-bond acceptors (Lipinski definition) is 4. The molecule has 0 aliphatic heterocycles. The van der Waals surface area contributed by atoms with Crippen molar-refractivity contribution in [1.82, 2.24) is 0 Å². The van der Waals surface area contributed by atoms with Gasteiger partial charge in [0.05, 0.1) is 6.42 Å². The van der Waals surface area contributed by atoms with Gasteiger partial charge in [-0.05, 0) is 36.6 Å². The third kappa shape index (κ3) is 6.61. The maximum absolute atomic E-state index is 13.5. The summed E-state index contributed by atoms with van der Waals surface area (Å²) in [5, 5.41) is 2.45. The number of halogens is 1. The first kappa shape index (κ1) is 21.3. The van der Waals surface area contributed by atoms with E-state index in [4.69, 9.17) is 4.74 Å². The second kappa shape index (κ2) is 10.3. The molecule has 0 aliphatic carbocycles. The summed E-state index contributed by atoms with van der Waals surface area (Å²) in [5.74, 6) is -1.80. The fourth-order valence-electron chi connectivity index (χ4n) is 2.59. The van der Waals surface area contributed by atoms with Crippen LogP contribution in [-0.4, -0.2) is 24.3 Å². The van der Waals surface area contributed by atoms with Gasteiger partial charge in [0.2, 0.25) is 0 Å². The minimum absolute atomic E-state index is 0.0107. The molecule has 2 aromatic rings. The third-order valence-corrected chi connectivity index (χ3v) is 4.19. The molecule has 6 heteroatoms. The smallest absolute Gasteiger partial charge is 0.306 e. The summed E-state index contributed by atoms with van der Waals surface area (Å²) in [6.07, 6.45) is 1.89. The number of anilines is 1. The van der Waals surface area contributed by atoms with Crippen molar-refractivity contribution < 1.29 is 23.5 Å². The summed E-state index contributed by atoms with van der Waals surface area (Å²) in [5.41, 5.74) is 2.46. The Morgan fingerprint density at radius 3 is 2.39 bits per heavy atom. The van der Waals surface area contributed by atoms with Gasteiger partial charge in [-0.15, -0.1) is 0 Å². The lowest BCUT2D eigenvalue weighted by Crippen LogP contribution is -2.21. The number of ether oxygens (including phenoxy) is 1. The maximum Gasteiger partial charge on any atom is 0.306 e. The van der Waals surface area contributed by atoms with Crippen LogP contribution in [0.1, 0.15) is 47.7 Å². The Morgan fingerprint density at radius 2 is 1.75 bits per heavy atom. The minimum Gasteiger partial charge on any atom is -0.456 e. The maximum atomic E-state index is 13.5. The highest BCUT2D eigenvalue weighted by molar-refractivity contribution is 5.98. The SMILES string of the molecule is CCCc1ccc(C(=O)CCC(=O)OCC(=O)Nc2ccc(C)c(F)c2)cc1. The van der Waals surface area contributed by atoms with Crippen molar-refractivity contribution in [2.75, 3.05) is 11.9 Å². The second-order valence-corrected chi connectivity index (χ2v) is 6.54. The average molecular weight is 385 g/mol. The van der Waals surface area contributed by atoms with Crippen LogP contribution in [0.2, 0.25) is 0 Å². The molecular formula is C22H24FNO4. The molecule has 1 N–H and O–H groups in total. The Morgan fingerprint density at radius 1 is 1.04 bits per heavy atom. The van der Waals surface area contributed by atoms with Crippen molar-refractivity contribution in [3.63, 3.8) is 0 Å². The number of esters is 1. The van der Waals surface area contributed by atoms with Crippen LogP contribution in [0.3, 0.4) is 0 Å². The predicted molar refractivity (Wildman–Crippen MR) is 105 cm³/mol. The molecule has 0 aliphatic rings. The number of rotatable bonds is 9. The van der Waals surface area contributed by atoms with Gasteiger partial charge in [0.1, 0.15) is 5.82 Å². The topological polar surface area (TPSA) is 72.5 Å². The predicted octanol–water partition coefficient (Wildman–Crippen LogP) is 4.23. The molecule has 2 rings (SSSR count). The molecule has 0 fully saturated rings. The van der Waals surface area contributed by atoms with Gasteiger partial charge in [-0.25, -0.2) is 4.39 Å². The average Bonchev–Trinajstić information content (AvgIpc) is 2.68. The van der Waals surface area contributed by atoms with Crippen LogP contribution >= 0.6 is 0 Å². The van der Waals surface area contributed by atoms with Crippen LogP contribution in [0, 0.1) is 12.7 Å². The van der Waals surface area contributed by atoms with Crippen molar-refractivity contribution in [3.05, 3.63) is 65.0 Å². The summed E-state index contributed by atoms with van der Waals surface area (Å²) in [6.45, 7) is 3.21. The summed E-state index contributed by atoms with van der Waals surface area (Å²) >= 11 is 0. The quantitative estimate of drug-likeness (QED) is 0.518. The van der Waals surface area contributed by atoms with Crippen molar-refractivity contribution >= 4 is 23.3 Å². The van der Waals surface area contributed by atoms with Gasteiger partial charge in [-0.1, -0.05) is 43.7 Å². The van der Waals surface area contributed by atoms with E-state index in [9.17, 15) is 18.8 Å². The van der Waals surface area contributed by atoms with Gasteiger partial charge in [-0.3, -0.25) is 14.4 Å². The molecule has 148 valence electrons. The standard InChI is InChI=1S/C22H24FNO4/c1-3-4-16-6-8-17(9-7-16)20(25)11-12-22(27)28-14-21(26)24-18-10-5-15(2)19(23)13-18/h5-10,13H,3-4,11-12,14H2,1-2H3,(H,24,26). The van der Waals surface area contributed by atoms with E-state index < -0.39 is 24.3 Å². The first-order chi connectivity index (χ1) is 13.4. The molecule has 0 atom stereocenters. The van der Waals surface area contributed by atoms with Crippen LogP contribution in [0.15, 0.2) is 42.5 Å². The fraction of sp³-hybridized carbons (Fsp3) is 0.318. The highest BCUT2D eigenvalue weighted by atomic mass is 19.1. The van der Waals surface area contributed by atoms with E-state index >= 15 is 0 Å². The van der Waals surface area contributed by atoms with Crippen LogP contribution in [0.5, 0.6) is 0 Å². The molecule has 0 unspecified atom stereocenters. The van der Waals surface area contributed by atoms with Crippen LogP contribution in [-0.2, 0) is 20.7 Å². The zero-order valence-electron chi connectivity index (χ0n) is 16.1. The van der Waals surface area contributed by atoms with Crippen LogP contribution < -0.4 is 5.32 Å². The van der Waals surface area contributed by atoms with E-state index in [0.29, 0.717) is 11.1 Å². The lowest BCUT2D eigenvalue weighted by atomic mass is 10.0. The van der Waals surface area contributed by atoms with Crippen LogP contribution in [0.25, 0.3) is 0 Å². The Labute approximate surface area is 163 Å². The molecule has 5 nitrogen and oxygen atoms in total. The number of carbonyl (C=O) groups is 3. The van der Waals surface area contributed by atoms with E-state index in [1.54, 1.807) is 25.1 Å². The number of aryl methyl sites for hydroxylation is 2. The van der Waals surface area contributed by atoms with E-state index in [1.807, 2.05) is 12.1 Å². The summed E-state index contributed by atoms with van der Waals surface area (Å²) in [6, 6.07) is 11.6. The van der Waals surface area contributed by atoms with Gasteiger partial charge < -0.3 is 10.1 Å². The second-order valence-electron chi connectivity index (χ2n) is 6.54. The number of nitrogens with one attached hydrogen (secondary N) is 1. The molecule has 1 amide bonds. The molecule has 28 heavy (non-hydrogen) atoms. The molecular weight excluding hydrogens is 361 g/mol. The van der Waals surface area contributed by atoms with Crippen molar-refractivity contribution in [3.8, 4) is 0 Å². The fourth-order valence-corrected chi connectivity index (χ4v) is 2.59. The normalized spacial score (nSPS) is 10.4. The lowest BCUT2D eigenvalue weighted by molar-refractivity contribution is -0.147. The van der Waals surface area contributed by atoms with E-state index in [1.165, 1.54) is 12.1 Å².